The number of carbonyl (C=O) groups is 2. The average molecular weight is 292 g/mol. The van der Waals surface area contributed by atoms with Gasteiger partial charge >= 0.3 is 5.97 Å². The van der Waals surface area contributed by atoms with Crippen LogP contribution in [0.5, 0.6) is 5.75 Å². The molecule has 2 rings (SSSR count). The quantitative estimate of drug-likeness (QED) is 0.746. The van der Waals surface area contributed by atoms with Gasteiger partial charge in [-0.05, 0) is 49.5 Å². The van der Waals surface area contributed by atoms with Gasteiger partial charge in [-0.1, -0.05) is 12.1 Å². The highest BCUT2D eigenvalue weighted by molar-refractivity contribution is 5.82. The van der Waals surface area contributed by atoms with E-state index in [1.54, 1.807) is 12.1 Å². The number of carbonyl (C=O) groups excluding carboxylic acids is 1. The van der Waals surface area contributed by atoms with Crippen LogP contribution in [0.25, 0.3) is 0 Å². The Morgan fingerprint density at radius 1 is 1.19 bits per heavy atom. The van der Waals surface area contributed by atoms with Crippen molar-refractivity contribution in [3.05, 3.63) is 29.8 Å². The van der Waals surface area contributed by atoms with E-state index >= 15 is 0 Å². The number of rotatable bonds is 5. The van der Waals surface area contributed by atoms with Crippen LogP contribution in [0.4, 0.5) is 0 Å². The molecule has 0 saturated carbocycles. The molecule has 0 bridgehead atoms. The lowest BCUT2D eigenvalue weighted by molar-refractivity contribution is -0.138. The van der Waals surface area contributed by atoms with Crippen LogP contribution < -0.4 is 5.32 Å². The third-order valence-electron chi connectivity index (χ3n) is 3.76. The predicted molar refractivity (Wildman–Crippen MR) is 77.2 cm³/mol. The van der Waals surface area contributed by atoms with Gasteiger partial charge in [-0.2, -0.15) is 0 Å². The average Bonchev–Trinajstić information content (AvgIpc) is 2.47. The molecule has 0 aliphatic carbocycles. The minimum atomic E-state index is -1.03. The third-order valence-corrected chi connectivity index (χ3v) is 3.76. The van der Waals surface area contributed by atoms with Crippen molar-refractivity contribution >= 4 is 11.9 Å². The molecule has 114 valence electrons. The first-order chi connectivity index (χ1) is 10.0. The minimum Gasteiger partial charge on any atom is -0.508 e. The molecule has 1 aromatic carbocycles. The third kappa shape index (κ3) is 4.75. The van der Waals surface area contributed by atoms with Gasteiger partial charge in [0.15, 0.2) is 0 Å². The van der Waals surface area contributed by atoms with Crippen LogP contribution in [-0.2, 0) is 9.59 Å². The molecule has 3 N–H and O–H groups in total. The summed E-state index contributed by atoms with van der Waals surface area (Å²) in [7, 11) is 0. The summed E-state index contributed by atoms with van der Waals surface area (Å²) in [4.78, 5) is 24.0. The Labute approximate surface area is 123 Å². The molecule has 0 aromatic heterocycles. The van der Waals surface area contributed by atoms with Gasteiger partial charge in [-0.25, -0.2) is 0 Å². The van der Waals surface area contributed by atoms with Crippen LogP contribution >= 0.6 is 0 Å². The largest absolute Gasteiger partial charge is 0.508 e. The number of carboxylic acid groups (broad SMARTS) is 1. The van der Waals surface area contributed by atoms with E-state index in [4.69, 9.17) is 5.11 Å². The van der Waals surface area contributed by atoms with Crippen LogP contribution in [0.2, 0.25) is 0 Å². The monoisotopic (exact) mass is 292 g/mol. The smallest absolute Gasteiger partial charge is 0.322 e. The van der Waals surface area contributed by atoms with Gasteiger partial charge < -0.3 is 15.5 Å². The number of carboxylic acids is 1. The molecule has 0 unspecified atom stereocenters. The van der Waals surface area contributed by atoms with E-state index in [9.17, 15) is 14.7 Å². The van der Waals surface area contributed by atoms with Gasteiger partial charge in [0, 0.05) is 0 Å². The van der Waals surface area contributed by atoms with Gasteiger partial charge in [-0.3, -0.25) is 14.5 Å². The summed E-state index contributed by atoms with van der Waals surface area (Å²) in [5.41, 5.74) is 1.21. The van der Waals surface area contributed by atoms with Crippen LogP contribution in [0.15, 0.2) is 24.3 Å². The minimum absolute atomic E-state index is 0.246. The van der Waals surface area contributed by atoms with Crippen molar-refractivity contribution < 1.29 is 19.8 Å². The number of hydrogen-bond donors (Lipinski definition) is 3. The number of nitrogens with zero attached hydrogens (tertiary/aromatic N) is 1. The molecule has 6 nitrogen and oxygen atoms in total. The maximum Gasteiger partial charge on any atom is 0.322 e. The van der Waals surface area contributed by atoms with E-state index in [1.165, 1.54) is 5.56 Å². The first-order valence-electron chi connectivity index (χ1n) is 7.04. The molecule has 21 heavy (non-hydrogen) atoms. The van der Waals surface area contributed by atoms with Crippen molar-refractivity contribution in [2.45, 2.75) is 18.8 Å². The molecule has 6 heteroatoms. The van der Waals surface area contributed by atoms with E-state index in [2.05, 4.69) is 5.32 Å². The Kier molecular flexibility index (Phi) is 5.16. The number of benzene rings is 1. The molecule has 1 aliphatic rings. The summed E-state index contributed by atoms with van der Waals surface area (Å²) in [6.07, 6.45) is 1.91. The van der Waals surface area contributed by atoms with Crippen LogP contribution in [0.3, 0.4) is 0 Å². The maximum absolute atomic E-state index is 11.6. The second-order valence-electron chi connectivity index (χ2n) is 5.31. The van der Waals surface area contributed by atoms with Gasteiger partial charge in [-0.15, -0.1) is 0 Å². The van der Waals surface area contributed by atoms with Gasteiger partial charge in [0.1, 0.15) is 12.3 Å². The highest BCUT2D eigenvalue weighted by Crippen LogP contribution is 2.28. The second kappa shape index (κ2) is 7.08. The molecule has 1 saturated heterocycles. The Hall–Kier alpha value is -2.08. The maximum atomic E-state index is 11.6. The van der Waals surface area contributed by atoms with E-state index in [1.807, 2.05) is 17.0 Å². The zero-order chi connectivity index (χ0) is 15.2. The number of hydrogen-bond acceptors (Lipinski definition) is 4. The standard InChI is InChI=1S/C15H20N2O4/c18-13-3-1-11(2-4-13)12-5-7-17(8-6-12)10-14(19)16-9-15(20)21/h1-4,12,18H,5-10H2,(H,16,19)(H,20,21). The zero-order valence-electron chi connectivity index (χ0n) is 11.8. The van der Waals surface area contributed by atoms with E-state index in [0.717, 1.165) is 25.9 Å². The molecular formula is C15H20N2O4. The van der Waals surface area contributed by atoms with E-state index < -0.39 is 5.97 Å². The van der Waals surface area contributed by atoms with Crippen molar-refractivity contribution in [1.82, 2.24) is 10.2 Å². The molecule has 0 spiro atoms. The number of piperidine rings is 1. The van der Waals surface area contributed by atoms with Crippen molar-refractivity contribution in [1.29, 1.82) is 0 Å². The number of likely N-dealkylation sites (tertiary alicyclic amines) is 1. The Morgan fingerprint density at radius 2 is 1.81 bits per heavy atom. The van der Waals surface area contributed by atoms with Gasteiger partial charge in [0.05, 0.1) is 6.54 Å². The molecule has 1 amide bonds. The highest BCUT2D eigenvalue weighted by atomic mass is 16.4. The van der Waals surface area contributed by atoms with Gasteiger partial charge in [0.25, 0.3) is 0 Å². The van der Waals surface area contributed by atoms with Crippen molar-refractivity contribution in [2.24, 2.45) is 0 Å². The van der Waals surface area contributed by atoms with Crippen molar-refractivity contribution in [2.75, 3.05) is 26.2 Å². The number of amides is 1. The normalized spacial score (nSPS) is 16.6. The SMILES string of the molecule is O=C(O)CNC(=O)CN1CCC(c2ccc(O)cc2)CC1. The lowest BCUT2D eigenvalue weighted by Gasteiger charge is -2.31. The molecular weight excluding hydrogens is 272 g/mol. The highest BCUT2D eigenvalue weighted by Gasteiger charge is 2.22. The summed E-state index contributed by atoms with van der Waals surface area (Å²) in [5, 5.41) is 20.2. The summed E-state index contributed by atoms with van der Waals surface area (Å²) < 4.78 is 0. The Morgan fingerprint density at radius 3 is 2.38 bits per heavy atom. The summed E-state index contributed by atoms with van der Waals surface area (Å²) >= 11 is 0. The number of aliphatic carboxylic acids is 1. The first kappa shape index (κ1) is 15.3. The Bertz CT molecular complexity index is 493. The summed E-state index contributed by atoms with van der Waals surface area (Å²) in [6, 6.07) is 7.27. The van der Waals surface area contributed by atoms with Crippen LogP contribution in [0.1, 0.15) is 24.3 Å². The number of phenols is 1. The molecule has 1 fully saturated rings. The van der Waals surface area contributed by atoms with Crippen LogP contribution in [0, 0.1) is 0 Å². The zero-order valence-corrected chi connectivity index (χ0v) is 11.8. The number of phenolic OH excluding ortho intramolecular Hbond substituents is 1. The fourth-order valence-electron chi connectivity index (χ4n) is 2.60. The number of nitrogens with one attached hydrogen (secondary N) is 1. The molecule has 0 atom stereocenters. The summed E-state index contributed by atoms with van der Waals surface area (Å²) in [6.45, 7) is 1.54. The fraction of sp³-hybridized carbons (Fsp3) is 0.467. The van der Waals surface area contributed by atoms with E-state index in [0.29, 0.717) is 5.92 Å². The lowest BCUT2D eigenvalue weighted by atomic mass is 9.89. The van der Waals surface area contributed by atoms with Crippen molar-refractivity contribution in [3.8, 4) is 5.75 Å². The Balaban J connectivity index is 1.76. The first-order valence-corrected chi connectivity index (χ1v) is 7.04. The fourth-order valence-corrected chi connectivity index (χ4v) is 2.60. The second-order valence-corrected chi connectivity index (χ2v) is 5.31. The molecule has 1 aliphatic heterocycles. The predicted octanol–water partition coefficient (Wildman–Crippen LogP) is 0.772. The summed E-state index contributed by atoms with van der Waals surface area (Å²) in [5.74, 6) is -0.565. The number of aromatic hydroxyl groups is 1. The van der Waals surface area contributed by atoms with E-state index in [-0.39, 0.29) is 24.7 Å². The molecule has 1 heterocycles. The van der Waals surface area contributed by atoms with Gasteiger partial charge in [0.2, 0.25) is 5.91 Å². The molecule has 0 radical (unpaired) electrons. The van der Waals surface area contributed by atoms with Crippen LogP contribution in [-0.4, -0.2) is 53.2 Å². The molecule has 1 aromatic rings. The lowest BCUT2D eigenvalue weighted by Crippen LogP contribution is -2.42. The topological polar surface area (TPSA) is 89.9 Å². The van der Waals surface area contributed by atoms with Crippen molar-refractivity contribution in [3.63, 3.8) is 0 Å².